The van der Waals surface area contributed by atoms with Crippen molar-refractivity contribution in [3.8, 4) is 0 Å². The van der Waals surface area contributed by atoms with Crippen LogP contribution < -0.4 is 5.43 Å². The van der Waals surface area contributed by atoms with Gasteiger partial charge in [-0.25, -0.2) is 10.2 Å². The largest absolute Gasteiger partial charge is 0.478 e. The summed E-state index contributed by atoms with van der Waals surface area (Å²) >= 11 is 0. The lowest BCUT2D eigenvalue weighted by Crippen LogP contribution is -2.39. The van der Waals surface area contributed by atoms with Gasteiger partial charge >= 0.3 is 5.97 Å². The molecule has 1 fully saturated rings. The van der Waals surface area contributed by atoms with Gasteiger partial charge in [-0.1, -0.05) is 18.6 Å². The van der Waals surface area contributed by atoms with Crippen molar-refractivity contribution in [2.24, 2.45) is 5.10 Å². The van der Waals surface area contributed by atoms with Gasteiger partial charge in [-0.05, 0) is 30.5 Å². The fourth-order valence-corrected chi connectivity index (χ4v) is 2.30. The van der Waals surface area contributed by atoms with Gasteiger partial charge < -0.3 is 10.0 Å². The Labute approximate surface area is 134 Å². The van der Waals surface area contributed by atoms with Crippen LogP contribution in [0, 0.1) is 0 Å². The molecule has 0 atom stereocenters. The van der Waals surface area contributed by atoms with Crippen LogP contribution in [0.2, 0.25) is 0 Å². The molecule has 0 unspecified atom stereocenters. The van der Waals surface area contributed by atoms with Gasteiger partial charge in [0.05, 0.1) is 11.8 Å². The Balaban J connectivity index is 1.83. The molecule has 0 bridgehead atoms. The number of nitrogens with zero attached hydrogens (tertiary/aromatic N) is 2. The predicted molar refractivity (Wildman–Crippen MR) is 84.2 cm³/mol. The quantitative estimate of drug-likeness (QED) is 0.630. The average molecular weight is 317 g/mol. The number of hydrogen-bond donors (Lipinski definition) is 2. The lowest BCUT2D eigenvalue weighted by molar-refractivity contribution is -0.135. The van der Waals surface area contributed by atoms with E-state index in [0.29, 0.717) is 18.5 Å². The summed E-state index contributed by atoms with van der Waals surface area (Å²) in [5.74, 6) is -1.34. The van der Waals surface area contributed by atoms with Crippen molar-refractivity contribution in [1.82, 2.24) is 10.3 Å². The Bertz CT molecular complexity index is 610. The van der Waals surface area contributed by atoms with Crippen molar-refractivity contribution in [1.29, 1.82) is 0 Å². The molecule has 7 nitrogen and oxygen atoms in total. The number of carbonyl (C=O) groups excluding carboxylic acids is 2. The van der Waals surface area contributed by atoms with E-state index in [2.05, 4.69) is 10.5 Å². The van der Waals surface area contributed by atoms with E-state index in [1.54, 1.807) is 17.0 Å². The van der Waals surface area contributed by atoms with E-state index in [1.807, 2.05) is 0 Å². The monoisotopic (exact) mass is 317 g/mol. The zero-order valence-electron chi connectivity index (χ0n) is 12.7. The number of carboxylic acids is 1. The SMILES string of the molecule is O=C(CN1CCCCCC1=O)N/N=C\c1ccc(C(=O)O)cc1. The molecular weight excluding hydrogens is 298 g/mol. The fourth-order valence-electron chi connectivity index (χ4n) is 2.30. The highest BCUT2D eigenvalue weighted by Crippen LogP contribution is 2.10. The number of amides is 2. The summed E-state index contributed by atoms with van der Waals surface area (Å²) in [5.41, 5.74) is 3.23. The van der Waals surface area contributed by atoms with Crippen molar-refractivity contribution in [2.45, 2.75) is 25.7 Å². The first kappa shape index (κ1) is 16.7. The van der Waals surface area contributed by atoms with Crippen LogP contribution in [0.5, 0.6) is 0 Å². The Morgan fingerprint density at radius 1 is 1.22 bits per heavy atom. The number of hydrazone groups is 1. The maximum absolute atomic E-state index is 11.8. The Kier molecular flexibility index (Phi) is 5.85. The molecule has 1 aromatic rings. The summed E-state index contributed by atoms with van der Waals surface area (Å²) in [6.45, 7) is 0.612. The van der Waals surface area contributed by atoms with Gasteiger partial charge in [0.25, 0.3) is 5.91 Å². The molecule has 1 saturated heterocycles. The Morgan fingerprint density at radius 3 is 2.65 bits per heavy atom. The molecule has 2 amide bonds. The molecule has 0 aliphatic carbocycles. The van der Waals surface area contributed by atoms with Crippen molar-refractivity contribution >= 4 is 24.0 Å². The minimum absolute atomic E-state index is 0.00545. The molecule has 7 heteroatoms. The van der Waals surface area contributed by atoms with Crippen LogP contribution in [-0.2, 0) is 9.59 Å². The lowest BCUT2D eigenvalue weighted by Gasteiger charge is -2.18. The van der Waals surface area contributed by atoms with E-state index in [9.17, 15) is 14.4 Å². The second-order valence-electron chi connectivity index (χ2n) is 5.35. The van der Waals surface area contributed by atoms with Gasteiger partial charge in [0.2, 0.25) is 5.91 Å². The zero-order valence-corrected chi connectivity index (χ0v) is 12.7. The number of carboxylic acid groups (broad SMARTS) is 1. The van der Waals surface area contributed by atoms with Crippen LogP contribution in [-0.4, -0.2) is 47.1 Å². The van der Waals surface area contributed by atoms with Crippen molar-refractivity contribution in [3.05, 3.63) is 35.4 Å². The van der Waals surface area contributed by atoms with Crippen molar-refractivity contribution in [2.75, 3.05) is 13.1 Å². The molecule has 0 radical (unpaired) electrons. The summed E-state index contributed by atoms with van der Waals surface area (Å²) < 4.78 is 0. The van der Waals surface area contributed by atoms with E-state index in [-0.39, 0.29) is 23.9 Å². The van der Waals surface area contributed by atoms with Gasteiger partial charge in [0.15, 0.2) is 0 Å². The van der Waals surface area contributed by atoms with Crippen LogP contribution in [0.25, 0.3) is 0 Å². The minimum atomic E-state index is -0.996. The van der Waals surface area contributed by atoms with Crippen LogP contribution in [0.3, 0.4) is 0 Å². The second kappa shape index (κ2) is 8.07. The highest BCUT2D eigenvalue weighted by molar-refractivity contribution is 5.89. The number of benzene rings is 1. The molecule has 1 heterocycles. The van der Waals surface area contributed by atoms with Crippen molar-refractivity contribution < 1.29 is 19.5 Å². The van der Waals surface area contributed by atoms with E-state index in [1.165, 1.54) is 18.3 Å². The zero-order chi connectivity index (χ0) is 16.7. The Hall–Kier alpha value is -2.70. The molecular formula is C16H19N3O4. The second-order valence-corrected chi connectivity index (χ2v) is 5.35. The minimum Gasteiger partial charge on any atom is -0.478 e. The van der Waals surface area contributed by atoms with Gasteiger partial charge in [0.1, 0.15) is 6.54 Å². The number of rotatable bonds is 5. The summed E-state index contributed by atoms with van der Waals surface area (Å²) in [4.78, 5) is 35.9. The average Bonchev–Trinajstić information content (AvgIpc) is 2.73. The third-order valence-electron chi connectivity index (χ3n) is 3.57. The third-order valence-corrected chi connectivity index (χ3v) is 3.57. The summed E-state index contributed by atoms with van der Waals surface area (Å²) in [6, 6.07) is 6.11. The predicted octanol–water partition coefficient (Wildman–Crippen LogP) is 1.24. The van der Waals surface area contributed by atoms with Crippen LogP contribution in [0.15, 0.2) is 29.4 Å². The molecule has 23 heavy (non-hydrogen) atoms. The number of nitrogens with one attached hydrogen (secondary N) is 1. The van der Waals surface area contributed by atoms with E-state index in [4.69, 9.17) is 5.11 Å². The van der Waals surface area contributed by atoms with Crippen LogP contribution >= 0.6 is 0 Å². The maximum atomic E-state index is 11.8. The number of likely N-dealkylation sites (tertiary alicyclic amines) is 1. The normalized spacial score (nSPS) is 15.5. The molecule has 2 N–H and O–H groups in total. The number of aromatic carboxylic acids is 1. The Morgan fingerprint density at radius 2 is 1.96 bits per heavy atom. The number of hydrogen-bond acceptors (Lipinski definition) is 4. The summed E-state index contributed by atoms with van der Waals surface area (Å²) in [7, 11) is 0. The van der Waals surface area contributed by atoms with Gasteiger partial charge in [-0.2, -0.15) is 5.10 Å². The van der Waals surface area contributed by atoms with Gasteiger partial charge in [0, 0.05) is 13.0 Å². The maximum Gasteiger partial charge on any atom is 0.335 e. The molecule has 2 rings (SSSR count). The van der Waals surface area contributed by atoms with Crippen molar-refractivity contribution in [3.63, 3.8) is 0 Å². The highest BCUT2D eigenvalue weighted by atomic mass is 16.4. The molecule has 1 aromatic carbocycles. The topological polar surface area (TPSA) is 99.1 Å². The third kappa shape index (κ3) is 5.21. The summed E-state index contributed by atoms with van der Waals surface area (Å²) in [5, 5.41) is 12.6. The molecule has 1 aliphatic rings. The first-order chi connectivity index (χ1) is 11.1. The first-order valence-corrected chi connectivity index (χ1v) is 7.49. The van der Waals surface area contributed by atoms with Crippen LogP contribution in [0.1, 0.15) is 41.6 Å². The standard InChI is InChI=1S/C16H19N3O4/c20-14(11-19-9-3-1-2-4-15(19)21)18-17-10-12-5-7-13(8-6-12)16(22)23/h5-8,10H,1-4,9,11H2,(H,18,20)(H,22,23)/b17-10-. The smallest absolute Gasteiger partial charge is 0.335 e. The molecule has 0 spiro atoms. The highest BCUT2D eigenvalue weighted by Gasteiger charge is 2.18. The molecule has 0 saturated carbocycles. The lowest BCUT2D eigenvalue weighted by atomic mass is 10.1. The van der Waals surface area contributed by atoms with E-state index in [0.717, 1.165) is 19.3 Å². The molecule has 122 valence electrons. The molecule has 1 aliphatic heterocycles. The number of carbonyl (C=O) groups is 3. The first-order valence-electron chi connectivity index (χ1n) is 7.49. The summed E-state index contributed by atoms with van der Waals surface area (Å²) in [6.07, 6.45) is 4.72. The van der Waals surface area contributed by atoms with Gasteiger partial charge in [-0.3, -0.25) is 9.59 Å². The fraction of sp³-hybridized carbons (Fsp3) is 0.375. The van der Waals surface area contributed by atoms with E-state index >= 15 is 0 Å². The van der Waals surface area contributed by atoms with Crippen LogP contribution in [0.4, 0.5) is 0 Å². The molecule has 0 aromatic heterocycles. The van der Waals surface area contributed by atoms with E-state index < -0.39 is 5.97 Å². The van der Waals surface area contributed by atoms with Gasteiger partial charge in [-0.15, -0.1) is 0 Å².